The topological polar surface area (TPSA) is 93.7 Å². The van der Waals surface area contributed by atoms with E-state index in [-0.39, 0.29) is 18.1 Å². The molecular formula is C18H23N5O4. The number of hydrogen-bond acceptors (Lipinski definition) is 6. The number of piperazine rings is 1. The van der Waals surface area contributed by atoms with Gasteiger partial charge in [-0.1, -0.05) is 12.1 Å². The fourth-order valence-corrected chi connectivity index (χ4v) is 3.42. The molecule has 144 valence electrons. The number of nitro groups is 1. The third-order valence-corrected chi connectivity index (χ3v) is 4.87. The van der Waals surface area contributed by atoms with Crippen molar-refractivity contribution < 1.29 is 14.5 Å². The summed E-state index contributed by atoms with van der Waals surface area (Å²) in [7, 11) is 1.65. The lowest BCUT2D eigenvalue weighted by Gasteiger charge is -2.36. The lowest BCUT2D eigenvalue weighted by Crippen LogP contribution is -2.49. The van der Waals surface area contributed by atoms with Crippen LogP contribution >= 0.6 is 0 Å². The summed E-state index contributed by atoms with van der Waals surface area (Å²) in [6.07, 6.45) is 0. The number of ether oxygens (including phenoxy) is 1. The first-order chi connectivity index (χ1) is 12.9. The van der Waals surface area contributed by atoms with Gasteiger partial charge in [0.05, 0.1) is 17.7 Å². The van der Waals surface area contributed by atoms with Crippen molar-refractivity contribution in [1.29, 1.82) is 0 Å². The number of carbonyl (C=O) groups is 1. The molecule has 0 atom stereocenters. The van der Waals surface area contributed by atoms with Gasteiger partial charge in [-0.05, 0) is 26.0 Å². The fourth-order valence-electron chi connectivity index (χ4n) is 3.42. The van der Waals surface area contributed by atoms with E-state index in [0.717, 1.165) is 11.4 Å². The zero-order chi connectivity index (χ0) is 19.6. The van der Waals surface area contributed by atoms with Crippen molar-refractivity contribution in [2.75, 3.05) is 38.2 Å². The molecule has 0 aliphatic carbocycles. The molecule has 0 radical (unpaired) electrons. The Labute approximate surface area is 157 Å². The highest BCUT2D eigenvalue weighted by molar-refractivity contribution is 5.76. The molecule has 3 rings (SSSR count). The molecule has 9 heteroatoms. The third kappa shape index (κ3) is 3.71. The number of aromatic nitrogens is 2. The highest BCUT2D eigenvalue weighted by Crippen LogP contribution is 2.28. The number of nitrogens with zero attached hydrogens (tertiary/aromatic N) is 5. The maximum absolute atomic E-state index is 12.6. The van der Waals surface area contributed by atoms with E-state index in [4.69, 9.17) is 4.74 Å². The first kappa shape index (κ1) is 18.7. The number of anilines is 1. The number of amides is 1. The van der Waals surface area contributed by atoms with Gasteiger partial charge < -0.3 is 14.5 Å². The van der Waals surface area contributed by atoms with Gasteiger partial charge in [-0.25, -0.2) is 0 Å². The summed E-state index contributed by atoms with van der Waals surface area (Å²) in [6, 6.07) is 7.81. The maximum Gasteiger partial charge on any atom is 0.312 e. The van der Waals surface area contributed by atoms with Crippen molar-refractivity contribution in [1.82, 2.24) is 14.7 Å². The van der Waals surface area contributed by atoms with E-state index < -0.39 is 4.92 Å². The van der Waals surface area contributed by atoms with E-state index in [1.165, 1.54) is 4.68 Å². The number of para-hydroxylation sites is 2. The predicted molar refractivity (Wildman–Crippen MR) is 100 cm³/mol. The van der Waals surface area contributed by atoms with Gasteiger partial charge in [-0.15, -0.1) is 0 Å². The Bertz CT molecular complexity index is 855. The van der Waals surface area contributed by atoms with Gasteiger partial charge in [0, 0.05) is 26.2 Å². The van der Waals surface area contributed by atoms with Gasteiger partial charge in [-0.2, -0.15) is 5.10 Å². The summed E-state index contributed by atoms with van der Waals surface area (Å²) >= 11 is 0. The van der Waals surface area contributed by atoms with E-state index in [1.807, 2.05) is 24.3 Å². The number of rotatable bonds is 5. The molecule has 0 bridgehead atoms. The summed E-state index contributed by atoms with van der Waals surface area (Å²) in [6.45, 7) is 5.77. The smallest absolute Gasteiger partial charge is 0.312 e. The number of methoxy groups -OCH3 is 1. The van der Waals surface area contributed by atoms with Crippen LogP contribution in [-0.4, -0.2) is 58.8 Å². The Hall–Kier alpha value is -3.10. The largest absolute Gasteiger partial charge is 0.495 e. The molecule has 0 spiro atoms. The molecular weight excluding hydrogens is 350 g/mol. The summed E-state index contributed by atoms with van der Waals surface area (Å²) in [5, 5.41) is 15.3. The number of carbonyl (C=O) groups excluding carboxylic acids is 1. The monoisotopic (exact) mass is 373 g/mol. The Morgan fingerprint density at radius 2 is 1.89 bits per heavy atom. The molecule has 0 unspecified atom stereocenters. The van der Waals surface area contributed by atoms with E-state index in [0.29, 0.717) is 37.6 Å². The van der Waals surface area contributed by atoms with Crippen molar-refractivity contribution >= 4 is 17.3 Å². The van der Waals surface area contributed by atoms with E-state index in [9.17, 15) is 14.9 Å². The molecule has 1 aromatic heterocycles. The average molecular weight is 373 g/mol. The molecule has 27 heavy (non-hydrogen) atoms. The van der Waals surface area contributed by atoms with E-state index >= 15 is 0 Å². The predicted octanol–water partition coefficient (Wildman–Crippen LogP) is 1.77. The van der Waals surface area contributed by atoms with Crippen LogP contribution in [0.3, 0.4) is 0 Å². The molecule has 1 aliphatic heterocycles. The zero-order valence-electron chi connectivity index (χ0n) is 15.7. The van der Waals surface area contributed by atoms with Gasteiger partial charge in [-0.3, -0.25) is 19.6 Å². The van der Waals surface area contributed by atoms with Crippen LogP contribution in [0.25, 0.3) is 0 Å². The second-order valence-electron chi connectivity index (χ2n) is 6.47. The first-order valence-corrected chi connectivity index (χ1v) is 8.76. The second-order valence-corrected chi connectivity index (χ2v) is 6.47. The van der Waals surface area contributed by atoms with Crippen LogP contribution in [0, 0.1) is 24.0 Å². The molecule has 1 aromatic carbocycles. The van der Waals surface area contributed by atoms with Crippen LogP contribution in [0.15, 0.2) is 24.3 Å². The van der Waals surface area contributed by atoms with Crippen LogP contribution < -0.4 is 9.64 Å². The highest BCUT2D eigenvalue weighted by atomic mass is 16.6. The fraction of sp³-hybridized carbons (Fsp3) is 0.444. The Morgan fingerprint density at radius 1 is 1.22 bits per heavy atom. The number of benzene rings is 1. The van der Waals surface area contributed by atoms with E-state index in [1.54, 1.807) is 25.9 Å². The van der Waals surface area contributed by atoms with Crippen molar-refractivity contribution in [3.05, 3.63) is 45.8 Å². The van der Waals surface area contributed by atoms with Crippen molar-refractivity contribution in [3.63, 3.8) is 0 Å². The highest BCUT2D eigenvalue weighted by Gasteiger charge is 2.26. The molecule has 1 aliphatic rings. The molecule has 2 heterocycles. The average Bonchev–Trinajstić information content (AvgIpc) is 2.95. The quantitative estimate of drug-likeness (QED) is 0.586. The van der Waals surface area contributed by atoms with Crippen LogP contribution in [0.4, 0.5) is 11.4 Å². The van der Waals surface area contributed by atoms with E-state index in [2.05, 4.69) is 10.00 Å². The number of aryl methyl sites for hydroxylation is 1. The van der Waals surface area contributed by atoms with Crippen molar-refractivity contribution in [2.45, 2.75) is 20.4 Å². The van der Waals surface area contributed by atoms with Gasteiger partial charge in [0.1, 0.15) is 23.7 Å². The Balaban J connectivity index is 1.64. The lowest BCUT2D eigenvalue weighted by molar-refractivity contribution is -0.386. The van der Waals surface area contributed by atoms with Gasteiger partial charge in [0.25, 0.3) is 0 Å². The zero-order valence-corrected chi connectivity index (χ0v) is 15.7. The normalized spacial score (nSPS) is 14.3. The summed E-state index contributed by atoms with van der Waals surface area (Å²) < 4.78 is 6.83. The van der Waals surface area contributed by atoms with Crippen LogP contribution in [0.5, 0.6) is 5.75 Å². The first-order valence-electron chi connectivity index (χ1n) is 8.76. The summed E-state index contributed by atoms with van der Waals surface area (Å²) in [5.41, 5.74) is 1.72. The molecule has 0 saturated carbocycles. The standard InChI is InChI=1S/C18H23N5O4/c1-13-18(23(25)26)14(2)22(19-13)12-17(24)21-10-8-20(9-11-21)15-6-4-5-7-16(15)27-3/h4-7H,8-12H2,1-3H3. The minimum atomic E-state index is -0.454. The second kappa shape index (κ2) is 7.65. The van der Waals surface area contributed by atoms with Crippen LogP contribution in [0.2, 0.25) is 0 Å². The maximum atomic E-state index is 12.6. The molecule has 1 amide bonds. The molecule has 9 nitrogen and oxygen atoms in total. The van der Waals surface area contributed by atoms with Crippen LogP contribution in [0.1, 0.15) is 11.4 Å². The minimum absolute atomic E-state index is 0.00910. The Kier molecular flexibility index (Phi) is 5.29. The van der Waals surface area contributed by atoms with Gasteiger partial charge in [0.15, 0.2) is 0 Å². The van der Waals surface area contributed by atoms with Gasteiger partial charge in [0.2, 0.25) is 5.91 Å². The Morgan fingerprint density at radius 3 is 2.48 bits per heavy atom. The molecule has 1 fully saturated rings. The molecule has 1 saturated heterocycles. The SMILES string of the molecule is COc1ccccc1N1CCN(C(=O)Cn2nc(C)c([N+](=O)[O-])c2C)CC1. The lowest BCUT2D eigenvalue weighted by atomic mass is 10.2. The third-order valence-electron chi connectivity index (χ3n) is 4.87. The molecule has 0 N–H and O–H groups in total. The number of hydrogen-bond donors (Lipinski definition) is 0. The molecule has 2 aromatic rings. The van der Waals surface area contributed by atoms with Crippen molar-refractivity contribution in [2.24, 2.45) is 0 Å². The van der Waals surface area contributed by atoms with Crippen molar-refractivity contribution in [3.8, 4) is 5.75 Å². The van der Waals surface area contributed by atoms with Gasteiger partial charge >= 0.3 is 5.69 Å². The summed E-state index contributed by atoms with van der Waals surface area (Å²) in [4.78, 5) is 27.2. The minimum Gasteiger partial charge on any atom is -0.495 e. The summed E-state index contributed by atoms with van der Waals surface area (Å²) in [5.74, 6) is 0.724. The van der Waals surface area contributed by atoms with Crippen LogP contribution in [-0.2, 0) is 11.3 Å².